The lowest BCUT2D eigenvalue weighted by Gasteiger charge is -2.43. The lowest BCUT2D eigenvalue weighted by Crippen LogP contribution is -2.46. The Labute approximate surface area is 218 Å². The van der Waals surface area contributed by atoms with Crippen LogP contribution in [0, 0.1) is 17.5 Å². The number of amides is 1. The van der Waals surface area contributed by atoms with Gasteiger partial charge in [0.25, 0.3) is 0 Å². The van der Waals surface area contributed by atoms with Crippen LogP contribution in [0.15, 0.2) is 30.3 Å². The van der Waals surface area contributed by atoms with Crippen LogP contribution in [-0.2, 0) is 14.8 Å². The second-order valence-electron chi connectivity index (χ2n) is 12.1. The van der Waals surface area contributed by atoms with E-state index in [1.165, 1.54) is 12.1 Å². The van der Waals surface area contributed by atoms with E-state index in [0.29, 0.717) is 0 Å². The SMILES string of the molecule is CC(C)(C)OC(=O)NCC(=O)c1cc(C(C)(C)O[Si](C)(C)C(C)(C)C)c(F)c(-c2ccc(F)cc2)c1F. The fourth-order valence-electron chi connectivity index (χ4n) is 3.56. The van der Waals surface area contributed by atoms with E-state index in [4.69, 9.17) is 9.16 Å². The van der Waals surface area contributed by atoms with E-state index in [1.807, 2.05) is 33.9 Å². The molecular weight excluding hydrogens is 499 g/mol. The second-order valence-corrected chi connectivity index (χ2v) is 16.9. The predicted octanol–water partition coefficient (Wildman–Crippen LogP) is 7.74. The molecule has 0 aliphatic rings. The van der Waals surface area contributed by atoms with Gasteiger partial charge in [0.15, 0.2) is 14.1 Å². The first-order valence-corrected chi connectivity index (χ1v) is 15.1. The van der Waals surface area contributed by atoms with Gasteiger partial charge < -0.3 is 14.5 Å². The molecule has 2 rings (SSSR count). The molecule has 2 aromatic rings. The number of alkyl carbamates (subject to hydrolysis) is 1. The minimum Gasteiger partial charge on any atom is -0.444 e. The number of hydrogen-bond acceptors (Lipinski definition) is 4. The first-order valence-electron chi connectivity index (χ1n) is 12.1. The molecule has 0 fully saturated rings. The van der Waals surface area contributed by atoms with Crippen LogP contribution < -0.4 is 5.32 Å². The van der Waals surface area contributed by atoms with Crippen molar-refractivity contribution in [1.82, 2.24) is 5.32 Å². The zero-order valence-corrected chi connectivity index (χ0v) is 24.4. The Hall–Kier alpha value is -2.65. The Morgan fingerprint density at radius 3 is 1.92 bits per heavy atom. The fraction of sp³-hybridized carbons (Fsp3) is 0.500. The number of carbonyl (C=O) groups excluding carboxylic acids is 2. The van der Waals surface area contributed by atoms with Crippen LogP contribution in [0.3, 0.4) is 0 Å². The average molecular weight is 538 g/mol. The third kappa shape index (κ3) is 7.44. The van der Waals surface area contributed by atoms with Gasteiger partial charge in [-0.3, -0.25) is 4.79 Å². The molecule has 0 radical (unpaired) electrons. The molecule has 9 heteroatoms. The molecule has 0 saturated heterocycles. The van der Waals surface area contributed by atoms with Crippen molar-refractivity contribution >= 4 is 20.2 Å². The summed E-state index contributed by atoms with van der Waals surface area (Å²) in [6.45, 7) is 17.9. The number of benzene rings is 2. The molecule has 0 atom stereocenters. The second kappa shape index (κ2) is 10.6. The Kier molecular flexibility index (Phi) is 8.77. The molecule has 5 nitrogen and oxygen atoms in total. The lowest BCUT2D eigenvalue weighted by molar-refractivity contribution is 0.0519. The highest BCUT2D eigenvalue weighted by Crippen LogP contribution is 2.44. The third-order valence-corrected chi connectivity index (χ3v) is 11.0. The molecule has 2 aromatic carbocycles. The molecule has 0 bridgehead atoms. The van der Waals surface area contributed by atoms with E-state index in [-0.39, 0.29) is 16.2 Å². The number of rotatable bonds is 7. The van der Waals surface area contributed by atoms with Gasteiger partial charge in [0, 0.05) is 5.56 Å². The smallest absolute Gasteiger partial charge is 0.408 e. The summed E-state index contributed by atoms with van der Waals surface area (Å²) in [6, 6.07) is 5.81. The maximum Gasteiger partial charge on any atom is 0.408 e. The van der Waals surface area contributed by atoms with E-state index >= 15 is 8.78 Å². The Morgan fingerprint density at radius 1 is 0.892 bits per heavy atom. The zero-order chi connectivity index (χ0) is 28.6. The van der Waals surface area contributed by atoms with Crippen LogP contribution >= 0.6 is 0 Å². The Balaban J connectivity index is 2.64. The van der Waals surface area contributed by atoms with Gasteiger partial charge >= 0.3 is 6.09 Å². The standard InChI is InChI=1S/C28H38F3NO4Si/c1-26(2,3)35-25(34)32-16-21(33)19-15-20(28(7,8)36-37(9,10)27(4,5)6)24(31)22(23(19)30)17-11-13-18(29)14-12-17/h11-15H,16H2,1-10H3,(H,32,34). The summed E-state index contributed by atoms with van der Waals surface area (Å²) in [5.41, 5.74) is -2.86. The van der Waals surface area contributed by atoms with Crippen LogP contribution in [0.2, 0.25) is 18.1 Å². The van der Waals surface area contributed by atoms with Crippen molar-refractivity contribution in [2.45, 2.75) is 84.7 Å². The van der Waals surface area contributed by atoms with E-state index in [0.717, 1.165) is 18.2 Å². The van der Waals surface area contributed by atoms with Gasteiger partial charge in [0.05, 0.1) is 23.3 Å². The minimum absolute atomic E-state index is 0.0151. The highest BCUT2D eigenvalue weighted by Gasteiger charge is 2.43. The topological polar surface area (TPSA) is 64.6 Å². The molecule has 0 unspecified atom stereocenters. The van der Waals surface area contributed by atoms with Crippen molar-refractivity contribution < 1.29 is 31.9 Å². The van der Waals surface area contributed by atoms with Crippen LogP contribution in [0.5, 0.6) is 0 Å². The van der Waals surface area contributed by atoms with Crippen LogP contribution in [0.25, 0.3) is 11.1 Å². The van der Waals surface area contributed by atoms with Crippen LogP contribution in [0.1, 0.15) is 71.3 Å². The largest absolute Gasteiger partial charge is 0.444 e. The van der Waals surface area contributed by atoms with Crippen LogP contribution in [-0.4, -0.2) is 32.3 Å². The predicted molar refractivity (Wildman–Crippen MR) is 142 cm³/mol. The third-order valence-electron chi connectivity index (χ3n) is 6.39. The molecule has 0 saturated carbocycles. The van der Waals surface area contributed by atoms with E-state index in [2.05, 4.69) is 5.32 Å². The molecule has 1 amide bonds. The number of hydrogen-bond donors (Lipinski definition) is 1. The monoisotopic (exact) mass is 537 g/mol. The summed E-state index contributed by atoms with van der Waals surface area (Å²) >= 11 is 0. The molecule has 0 aliphatic heterocycles. The fourth-order valence-corrected chi connectivity index (χ4v) is 5.25. The average Bonchev–Trinajstić information content (AvgIpc) is 2.70. The maximum atomic E-state index is 16.0. The lowest BCUT2D eigenvalue weighted by atomic mass is 9.89. The van der Waals surface area contributed by atoms with Gasteiger partial charge in [-0.05, 0) is 76.5 Å². The van der Waals surface area contributed by atoms with Gasteiger partial charge in [-0.15, -0.1) is 0 Å². The first-order chi connectivity index (χ1) is 16.7. The van der Waals surface area contributed by atoms with Gasteiger partial charge in [0.2, 0.25) is 0 Å². The molecule has 204 valence electrons. The molecule has 0 spiro atoms. The molecule has 0 aliphatic carbocycles. The van der Waals surface area contributed by atoms with Crippen molar-refractivity contribution in [2.24, 2.45) is 0 Å². The molecule has 0 heterocycles. The number of halogens is 3. The molecule has 0 aromatic heterocycles. The van der Waals surface area contributed by atoms with Gasteiger partial charge in [0.1, 0.15) is 23.1 Å². The first kappa shape index (κ1) is 30.6. The minimum atomic E-state index is -2.43. The molecule has 1 N–H and O–H groups in total. The molecular formula is C28H38F3NO4Si. The Morgan fingerprint density at radius 2 is 1.43 bits per heavy atom. The van der Waals surface area contributed by atoms with Gasteiger partial charge in [-0.25, -0.2) is 18.0 Å². The van der Waals surface area contributed by atoms with Gasteiger partial charge in [-0.1, -0.05) is 32.9 Å². The van der Waals surface area contributed by atoms with Crippen molar-refractivity contribution in [3.05, 3.63) is 58.9 Å². The quantitative estimate of drug-likeness (QED) is 0.290. The van der Waals surface area contributed by atoms with Crippen molar-refractivity contribution in [3.63, 3.8) is 0 Å². The summed E-state index contributed by atoms with van der Waals surface area (Å²) in [5, 5.41) is 2.12. The zero-order valence-electron chi connectivity index (χ0n) is 23.4. The summed E-state index contributed by atoms with van der Waals surface area (Å²) < 4.78 is 57.0. The van der Waals surface area contributed by atoms with Crippen molar-refractivity contribution in [2.75, 3.05) is 6.54 Å². The highest BCUT2D eigenvalue weighted by molar-refractivity contribution is 6.74. The maximum absolute atomic E-state index is 16.0. The van der Waals surface area contributed by atoms with Gasteiger partial charge in [-0.2, -0.15) is 0 Å². The van der Waals surface area contributed by atoms with Crippen molar-refractivity contribution in [3.8, 4) is 11.1 Å². The van der Waals surface area contributed by atoms with Crippen LogP contribution in [0.4, 0.5) is 18.0 Å². The summed E-state index contributed by atoms with van der Waals surface area (Å²) in [6.07, 6.45) is -0.844. The number of ketones is 1. The van der Waals surface area contributed by atoms with E-state index in [9.17, 15) is 14.0 Å². The number of nitrogens with one attached hydrogen (secondary N) is 1. The normalized spacial score (nSPS) is 12.9. The van der Waals surface area contributed by atoms with E-state index in [1.54, 1.807) is 34.6 Å². The highest BCUT2D eigenvalue weighted by atomic mass is 28.4. The number of Topliss-reactive ketones (excluding diaryl/α,β-unsaturated/α-hetero) is 1. The summed E-state index contributed by atoms with van der Waals surface area (Å²) in [7, 11) is -2.43. The molecule has 37 heavy (non-hydrogen) atoms. The summed E-state index contributed by atoms with van der Waals surface area (Å²) in [5.74, 6) is -3.35. The van der Waals surface area contributed by atoms with E-state index < -0.39 is 66.5 Å². The Bertz CT molecular complexity index is 1160. The number of ether oxygens (including phenoxy) is 1. The summed E-state index contributed by atoms with van der Waals surface area (Å²) in [4.78, 5) is 25.1. The number of carbonyl (C=O) groups is 2. The van der Waals surface area contributed by atoms with Crippen molar-refractivity contribution in [1.29, 1.82) is 0 Å².